The van der Waals surface area contributed by atoms with E-state index < -0.39 is 10.0 Å². The quantitative estimate of drug-likeness (QED) is 0.836. The first-order valence-corrected chi connectivity index (χ1v) is 8.68. The van der Waals surface area contributed by atoms with Crippen LogP contribution in [0.3, 0.4) is 0 Å². The summed E-state index contributed by atoms with van der Waals surface area (Å²) < 4.78 is 28.2. The van der Waals surface area contributed by atoms with Crippen molar-refractivity contribution in [2.45, 2.75) is 18.4 Å². The summed E-state index contributed by atoms with van der Waals surface area (Å²) >= 11 is 9.32. The van der Waals surface area contributed by atoms with Crippen molar-refractivity contribution in [3.63, 3.8) is 0 Å². The maximum atomic E-state index is 12.5. The Morgan fingerprint density at radius 2 is 2.00 bits per heavy atom. The van der Waals surface area contributed by atoms with Gasteiger partial charge in [-0.25, -0.2) is 8.42 Å². The molecule has 112 valence electrons. The number of hydrogen-bond acceptors (Lipinski definition) is 3. The highest BCUT2D eigenvalue weighted by atomic mass is 79.9. The molecule has 0 heterocycles. The van der Waals surface area contributed by atoms with Crippen molar-refractivity contribution in [2.24, 2.45) is 0 Å². The van der Waals surface area contributed by atoms with Crippen LogP contribution in [-0.4, -0.2) is 13.5 Å². The molecule has 0 fully saturated rings. The third kappa shape index (κ3) is 3.58. The van der Waals surface area contributed by atoms with Gasteiger partial charge in [0.25, 0.3) is 10.0 Å². The van der Waals surface area contributed by atoms with E-state index in [1.807, 2.05) is 6.07 Å². The summed E-state index contributed by atoms with van der Waals surface area (Å²) in [6.45, 7) is 1.54. The Labute approximate surface area is 136 Å². The van der Waals surface area contributed by atoms with Crippen molar-refractivity contribution in [1.29, 1.82) is 0 Å². The van der Waals surface area contributed by atoms with E-state index >= 15 is 0 Å². The summed E-state index contributed by atoms with van der Waals surface area (Å²) in [7, 11) is -3.83. The number of halogens is 2. The van der Waals surface area contributed by atoms with E-state index in [-0.39, 0.29) is 16.5 Å². The van der Waals surface area contributed by atoms with Gasteiger partial charge in [0.05, 0.1) is 17.3 Å². The number of aliphatic hydroxyl groups is 1. The normalized spacial score (nSPS) is 11.4. The summed E-state index contributed by atoms with van der Waals surface area (Å²) in [5, 5.41) is 9.23. The molecule has 0 saturated carbocycles. The lowest BCUT2D eigenvalue weighted by Crippen LogP contribution is -2.14. The Morgan fingerprint density at radius 3 is 2.67 bits per heavy atom. The van der Waals surface area contributed by atoms with Gasteiger partial charge in [0.15, 0.2) is 0 Å². The minimum atomic E-state index is -3.83. The summed E-state index contributed by atoms with van der Waals surface area (Å²) in [6.07, 6.45) is 0. The van der Waals surface area contributed by atoms with Gasteiger partial charge in [-0.2, -0.15) is 0 Å². The van der Waals surface area contributed by atoms with Crippen LogP contribution in [0.2, 0.25) is 5.02 Å². The highest BCUT2D eigenvalue weighted by Gasteiger charge is 2.19. The first-order chi connectivity index (χ1) is 9.85. The first kappa shape index (κ1) is 16.3. The van der Waals surface area contributed by atoms with Gasteiger partial charge < -0.3 is 5.11 Å². The second-order valence-corrected chi connectivity index (χ2v) is 7.35. The molecular formula is C14H13BrClNO3S. The van der Waals surface area contributed by atoms with E-state index in [1.54, 1.807) is 25.1 Å². The van der Waals surface area contributed by atoms with Crippen molar-refractivity contribution < 1.29 is 13.5 Å². The van der Waals surface area contributed by atoms with Crippen LogP contribution in [0.1, 0.15) is 11.1 Å². The molecule has 0 aliphatic rings. The Bertz CT molecular complexity index is 778. The van der Waals surface area contributed by atoms with Crippen molar-refractivity contribution in [1.82, 2.24) is 0 Å². The number of benzene rings is 2. The predicted octanol–water partition coefficient (Wildman–Crippen LogP) is 3.70. The Balaban J connectivity index is 2.46. The largest absolute Gasteiger partial charge is 0.392 e. The van der Waals surface area contributed by atoms with Crippen molar-refractivity contribution in [2.75, 3.05) is 4.72 Å². The third-order valence-corrected chi connectivity index (χ3v) is 5.69. The van der Waals surface area contributed by atoms with Gasteiger partial charge in [-0.1, -0.05) is 39.7 Å². The van der Waals surface area contributed by atoms with E-state index in [4.69, 9.17) is 16.7 Å². The number of anilines is 1. The summed E-state index contributed by atoms with van der Waals surface area (Å²) in [4.78, 5) is -0.0601. The zero-order valence-electron chi connectivity index (χ0n) is 11.1. The number of sulfonamides is 1. The lowest BCUT2D eigenvalue weighted by molar-refractivity contribution is 0.281. The minimum Gasteiger partial charge on any atom is -0.392 e. The van der Waals surface area contributed by atoms with Crippen LogP contribution < -0.4 is 4.72 Å². The van der Waals surface area contributed by atoms with E-state index in [0.29, 0.717) is 11.3 Å². The lowest BCUT2D eigenvalue weighted by Gasteiger charge is -2.13. The van der Waals surface area contributed by atoms with Crippen LogP contribution >= 0.6 is 27.5 Å². The number of rotatable bonds is 4. The van der Waals surface area contributed by atoms with Gasteiger partial charge in [0.2, 0.25) is 0 Å². The molecule has 7 heteroatoms. The number of aliphatic hydroxyl groups excluding tert-OH is 1. The van der Waals surface area contributed by atoms with Crippen LogP contribution in [0.5, 0.6) is 0 Å². The molecule has 0 aliphatic heterocycles. The molecule has 0 spiro atoms. The van der Waals surface area contributed by atoms with E-state index in [9.17, 15) is 8.42 Å². The Hall–Kier alpha value is -1.08. The molecular weight excluding hydrogens is 378 g/mol. The molecule has 2 aromatic carbocycles. The average Bonchev–Trinajstić information content (AvgIpc) is 2.44. The predicted molar refractivity (Wildman–Crippen MR) is 87.1 cm³/mol. The van der Waals surface area contributed by atoms with Crippen LogP contribution in [0.4, 0.5) is 5.69 Å². The fraction of sp³-hybridized carbons (Fsp3) is 0.143. The topological polar surface area (TPSA) is 66.4 Å². The fourth-order valence-electron chi connectivity index (χ4n) is 1.77. The molecule has 0 radical (unpaired) electrons. The van der Waals surface area contributed by atoms with Gasteiger partial charge in [-0.15, -0.1) is 0 Å². The molecule has 21 heavy (non-hydrogen) atoms. The van der Waals surface area contributed by atoms with Gasteiger partial charge in [0.1, 0.15) is 4.90 Å². The first-order valence-electron chi connectivity index (χ1n) is 6.02. The minimum absolute atomic E-state index is 0.0601. The molecule has 0 atom stereocenters. The van der Waals surface area contributed by atoms with Gasteiger partial charge in [0, 0.05) is 4.47 Å². The lowest BCUT2D eigenvalue weighted by atomic mass is 10.2. The van der Waals surface area contributed by atoms with E-state index in [2.05, 4.69) is 20.7 Å². The second-order valence-electron chi connectivity index (χ2n) is 4.44. The molecule has 2 N–H and O–H groups in total. The van der Waals surface area contributed by atoms with Crippen LogP contribution in [0.15, 0.2) is 45.8 Å². The average molecular weight is 391 g/mol. The summed E-state index contributed by atoms with van der Waals surface area (Å²) in [6, 6.07) is 9.62. The second kappa shape index (κ2) is 6.36. The number of hydrogen-bond donors (Lipinski definition) is 2. The smallest absolute Gasteiger partial charge is 0.263 e. The highest BCUT2D eigenvalue weighted by Crippen LogP contribution is 2.28. The molecule has 0 aliphatic carbocycles. The molecule has 2 aromatic rings. The summed E-state index contributed by atoms with van der Waals surface area (Å²) in [5.74, 6) is 0. The van der Waals surface area contributed by atoms with E-state index in [0.717, 1.165) is 10.0 Å². The molecule has 0 bridgehead atoms. The van der Waals surface area contributed by atoms with Gasteiger partial charge in [-0.3, -0.25) is 4.72 Å². The van der Waals surface area contributed by atoms with Crippen LogP contribution in [-0.2, 0) is 16.6 Å². The van der Waals surface area contributed by atoms with Gasteiger partial charge >= 0.3 is 0 Å². The zero-order chi connectivity index (χ0) is 15.6. The molecule has 0 saturated heterocycles. The van der Waals surface area contributed by atoms with Gasteiger partial charge in [-0.05, 0) is 42.3 Å². The highest BCUT2D eigenvalue weighted by molar-refractivity contribution is 9.10. The standard InChI is InChI=1S/C14H13BrClNO3S/c1-9-11(15)3-2-4-13(9)17-21(19,20)14-7-10(8-18)5-6-12(14)16/h2-7,17-18H,8H2,1H3. The van der Waals surface area contributed by atoms with Crippen molar-refractivity contribution >= 4 is 43.2 Å². The third-order valence-electron chi connectivity index (χ3n) is 2.98. The SMILES string of the molecule is Cc1c(Br)cccc1NS(=O)(=O)c1cc(CO)ccc1Cl. The number of nitrogens with one attached hydrogen (secondary N) is 1. The Morgan fingerprint density at radius 1 is 1.29 bits per heavy atom. The summed E-state index contributed by atoms with van der Waals surface area (Å²) in [5.41, 5.74) is 1.72. The molecule has 0 aromatic heterocycles. The maximum Gasteiger partial charge on any atom is 0.263 e. The Kier molecular flexibility index (Phi) is 4.93. The van der Waals surface area contributed by atoms with Crippen molar-refractivity contribution in [3.8, 4) is 0 Å². The maximum absolute atomic E-state index is 12.5. The van der Waals surface area contributed by atoms with Crippen LogP contribution in [0, 0.1) is 6.92 Å². The molecule has 2 rings (SSSR count). The van der Waals surface area contributed by atoms with Crippen LogP contribution in [0.25, 0.3) is 0 Å². The monoisotopic (exact) mass is 389 g/mol. The molecule has 0 unspecified atom stereocenters. The zero-order valence-corrected chi connectivity index (χ0v) is 14.3. The molecule has 0 amide bonds. The molecule has 4 nitrogen and oxygen atoms in total. The van der Waals surface area contributed by atoms with E-state index in [1.165, 1.54) is 12.1 Å². The fourth-order valence-corrected chi connectivity index (χ4v) is 3.81. The van der Waals surface area contributed by atoms with Crippen molar-refractivity contribution in [3.05, 3.63) is 57.0 Å².